The van der Waals surface area contributed by atoms with Crippen LogP contribution in [0.5, 0.6) is 0 Å². The summed E-state index contributed by atoms with van der Waals surface area (Å²) in [4.78, 5) is 13.5. The summed E-state index contributed by atoms with van der Waals surface area (Å²) in [5.41, 5.74) is 0. The van der Waals surface area contributed by atoms with Crippen LogP contribution >= 0.6 is 0 Å². The van der Waals surface area contributed by atoms with Gasteiger partial charge in [0.2, 0.25) is 5.91 Å². The van der Waals surface area contributed by atoms with Gasteiger partial charge in [0.25, 0.3) is 0 Å². The number of hydrogen-bond acceptors (Lipinski definition) is 18. The number of hydrogen-bond donors (Lipinski definition) is 12. The van der Waals surface area contributed by atoms with Gasteiger partial charge in [0.1, 0.15) is 73.2 Å². The molecule has 3 rings (SSSR count). The van der Waals surface area contributed by atoms with Gasteiger partial charge in [0.05, 0.1) is 38.6 Å². The summed E-state index contributed by atoms with van der Waals surface area (Å²) >= 11 is 0. The summed E-state index contributed by atoms with van der Waals surface area (Å²) in [6, 6.07) is -0.892. The summed E-state index contributed by atoms with van der Waals surface area (Å²) in [7, 11) is 0. The maximum atomic E-state index is 13.5. The number of carbonyl (C=O) groups is 1. The van der Waals surface area contributed by atoms with Crippen molar-refractivity contribution in [3.63, 3.8) is 0 Å². The van der Waals surface area contributed by atoms with Crippen LogP contribution < -0.4 is 5.32 Å². The SMILES string of the molecule is CC/C=C\C/C=C\C/C=C\C/C=C\C/C=C\CCCCCCCCCCCCCCCC(=O)NC(COC1OC(CO)C(OC2OC(CO)C(OC3OC(CO)C(O)C(O)C3O)C(O)C2O)C(O)C1O)C(O)CCCCCCCCCCCCCCCCCCCCCCCCCC. The van der Waals surface area contributed by atoms with Crippen LogP contribution in [0.1, 0.15) is 303 Å². The Hall–Kier alpha value is -2.51. The van der Waals surface area contributed by atoms with Gasteiger partial charge in [-0.2, -0.15) is 0 Å². The maximum Gasteiger partial charge on any atom is 0.220 e. The number of amides is 1. The van der Waals surface area contributed by atoms with Gasteiger partial charge in [-0.05, 0) is 57.8 Å². The molecule has 19 heteroatoms. The Balaban J connectivity index is 1.38. The third kappa shape index (κ3) is 39.9. The molecule has 3 fully saturated rings. The smallest absolute Gasteiger partial charge is 0.220 e. The van der Waals surface area contributed by atoms with Crippen LogP contribution in [0.3, 0.4) is 0 Å². The molecule has 0 aromatic rings. The van der Waals surface area contributed by atoms with E-state index in [0.29, 0.717) is 12.8 Å². The van der Waals surface area contributed by atoms with Crippen LogP contribution in [-0.2, 0) is 33.2 Å². The van der Waals surface area contributed by atoms with Crippen molar-refractivity contribution in [3.8, 4) is 0 Å². The molecule has 572 valence electrons. The van der Waals surface area contributed by atoms with Crippen molar-refractivity contribution in [1.29, 1.82) is 0 Å². The van der Waals surface area contributed by atoms with Crippen LogP contribution in [0.2, 0.25) is 0 Å². The highest BCUT2D eigenvalue weighted by Gasteiger charge is 2.54. The lowest BCUT2D eigenvalue weighted by molar-refractivity contribution is -0.379. The molecular weight excluding hydrogens is 1250 g/mol. The fourth-order valence-corrected chi connectivity index (χ4v) is 13.3. The fourth-order valence-electron chi connectivity index (χ4n) is 13.3. The van der Waals surface area contributed by atoms with Gasteiger partial charge in [-0.1, -0.05) is 299 Å². The van der Waals surface area contributed by atoms with E-state index in [9.17, 15) is 61.0 Å². The molecule has 0 aliphatic carbocycles. The molecule has 17 atom stereocenters. The van der Waals surface area contributed by atoms with E-state index in [0.717, 1.165) is 83.5 Å². The zero-order valence-corrected chi connectivity index (χ0v) is 61.0. The summed E-state index contributed by atoms with van der Waals surface area (Å²) in [6.45, 7) is 1.72. The van der Waals surface area contributed by atoms with E-state index >= 15 is 0 Å². The molecule has 3 heterocycles. The molecule has 1 amide bonds. The van der Waals surface area contributed by atoms with E-state index in [1.165, 1.54) is 186 Å². The van der Waals surface area contributed by atoms with Crippen molar-refractivity contribution in [3.05, 3.63) is 60.8 Å². The van der Waals surface area contributed by atoms with E-state index < -0.39 is 124 Å². The van der Waals surface area contributed by atoms with E-state index in [4.69, 9.17) is 28.4 Å². The number of nitrogens with one attached hydrogen (secondary N) is 1. The Morgan fingerprint density at radius 2 is 0.704 bits per heavy atom. The second kappa shape index (κ2) is 59.8. The third-order valence-electron chi connectivity index (χ3n) is 19.6. The predicted octanol–water partition coefficient (Wildman–Crippen LogP) is 12.7. The summed E-state index contributed by atoms with van der Waals surface area (Å²) < 4.78 is 34.5. The van der Waals surface area contributed by atoms with Gasteiger partial charge in [0.15, 0.2) is 18.9 Å². The molecule has 0 radical (unpaired) electrons. The summed E-state index contributed by atoms with van der Waals surface area (Å²) in [5.74, 6) is -0.242. The Morgan fingerprint density at radius 3 is 1.10 bits per heavy atom. The molecule has 3 aliphatic rings. The molecule has 17 unspecified atom stereocenters. The standard InChI is InChI=1S/C79H143NO18/c1-3-5-7-9-11-13-15-17-19-21-23-25-27-29-30-31-32-33-35-37-39-41-43-45-47-49-51-53-55-57-67(85)80-62(63(84)56-54-52-50-48-46-44-42-40-38-36-34-28-26-24-22-20-18-16-14-12-10-8-6-4-2)61-93-77-73(91)70(88)75(65(59-82)95-77)98-79-74(92)71(89)76(66(60-83)96-79)97-78-72(90)69(87)68(86)64(58-81)94-78/h5,7,11,13,17,19,23,25,29-30,62-66,68-79,81-84,86-92H,3-4,6,8-10,12,14-16,18,20-22,24,26-28,31-61H2,1-2H3,(H,80,85)/b7-5-,13-11-,19-17-,25-23-,30-29-. The Bertz CT molecular complexity index is 2010. The first-order chi connectivity index (χ1) is 47.8. The normalized spacial score (nSPS) is 27.1. The number of carbonyl (C=O) groups excluding carboxylic acids is 1. The quantitative estimate of drug-likeness (QED) is 0.0199. The Morgan fingerprint density at radius 1 is 0.378 bits per heavy atom. The lowest BCUT2D eigenvalue weighted by Gasteiger charge is -2.48. The number of unbranched alkanes of at least 4 members (excludes halogenated alkanes) is 36. The first kappa shape index (κ1) is 89.7. The monoisotopic (exact) mass is 1390 g/mol. The Labute approximate surface area is 592 Å². The van der Waals surface area contributed by atoms with Crippen LogP contribution in [0, 0.1) is 0 Å². The van der Waals surface area contributed by atoms with Gasteiger partial charge >= 0.3 is 0 Å². The lowest BCUT2D eigenvalue weighted by Crippen LogP contribution is -2.66. The highest BCUT2D eigenvalue weighted by Crippen LogP contribution is 2.33. The maximum absolute atomic E-state index is 13.5. The average molecular weight is 1400 g/mol. The molecule has 3 saturated heterocycles. The van der Waals surface area contributed by atoms with E-state index in [1.807, 2.05) is 0 Å². The van der Waals surface area contributed by atoms with Crippen molar-refractivity contribution >= 4 is 5.91 Å². The van der Waals surface area contributed by atoms with Crippen LogP contribution in [0.4, 0.5) is 0 Å². The van der Waals surface area contributed by atoms with E-state index in [-0.39, 0.29) is 18.9 Å². The number of aliphatic hydroxyl groups excluding tert-OH is 11. The zero-order chi connectivity index (χ0) is 71.1. The molecular formula is C79H143NO18. The molecule has 3 aliphatic heterocycles. The second-order valence-corrected chi connectivity index (χ2v) is 28.2. The van der Waals surface area contributed by atoms with Crippen molar-refractivity contribution in [2.45, 2.75) is 407 Å². The molecule has 19 nitrogen and oxygen atoms in total. The number of rotatable bonds is 62. The molecule has 12 N–H and O–H groups in total. The highest BCUT2D eigenvalue weighted by molar-refractivity contribution is 5.76. The van der Waals surface area contributed by atoms with Gasteiger partial charge in [0, 0.05) is 6.42 Å². The average Bonchev–Trinajstić information content (AvgIpc) is 0.784. The third-order valence-corrected chi connectivity index (χ3v) is 19.6. The Kier molecular flexibility index (Phi) is 54.8. The van der Waals surface area contributed by atoms with Gasteiger partial charge in [-0.3, -0.25) is 4.79 Å². The largest absolute Gasteiger partial charge is 0.394 e. The minimum absolute atomic E-state index is 0.242. The van der Waals surface area contributed by atoms with Crippen molar-refractivity contribution in [2.75, 3.05) is 26.4 Å². The van der Waals surface area contributed by atoms with Crippen molar-refractivity contribution in [1.82, 2.24) is 5.32 Å². The van der Waals surface area contributed by atoms with Crippen LogP contribution in [-0.4, -0.2) is 193 Å². The van der Waals surface area contributed by atoms with Crippen molar-refractivity contribution < 1.29 is 89.4 Å². The fraction of sp³-hybridized carbons (Fsp3) is 0.861. The zero-order valence-electron chi connectivity index (χ0n) is 61.0. The summed E-state index contributed by atoms with van der Waals surface area (Å²) in [5, 5.41) is 121. The molecule has 0 aromatic carbocycles. The first-order valence-electron chi connectivity index (χ1n) is 39.5. The molecule has 98 heavy (non-hydrogen) atoms. The minimum Gasteiger partial charge on any atom is -0.394 e. The highest BCUT2D eigenvalue weighted by atomic mass is 16.8. The van der Waals surface area contributed by atoms with Crippen molar-refractivity contribution in [2.24, 2.45) is 0 Å². The number of aliphatic hydroxyl groups is 11. The van der Waals surface area contributed by atoms with Gasteiger partial charge in [-0.15, -0.1) is 0 Å². The second-order valence-electron chi connectivity index (χ2n) is 28.2. The lowest BCUT2D eigenvalue weighted by atomic mass is 9.96. The van der Waals surface area contributed by atoms with Gasteiger partial charge in [-0.25, -0.2) is 0 Å². The van der Waals surface area contributed by atoms with E-state index in [1.54, 1.807) is 0 Å². The molecule has 0 aromatic heterocycles. The number of allylic oxidation sites excluding steroid dienone is 10. The molecule has 0 spiro atoms. The minimum atomic E-state index is -1.97. The van der Waals surface area contributed by atoms with Gasteiger partial charge < -0.3 is 89.9 Å². The topological polar surface area (TPSA) is 307 Å². The van der Waals surface area contributed by atoms with Crippen LogP contribution in [0.15, 0.2) is 60.8 Å². The van der Waals surface area contributed by atoms with E-state index in [2.05, 4.69) is 79.9 Å². The van der Waals surface area contributed by atoms with Crippen LogP contribution in [0.25, 0.3) is 0 Å². The number of ether oxygens (including phenoxy) is 6. The predicted molar refractivity (Wildman–Crippen MR) is 388 cm³/mol. The molecule has 0 saturated carbocycles. The first-order valence-corrected chi connectivity index (χ1v) is 39.5. The molecule has 0 bridgehead atoms. The summed E-state index contributed by atoms with van der Waals surface area (Å²) in [6.07, 6.45) is 48.7.